The molecule has 3 aromatic rings. The topological polar surface area (TPSA) is 122 Å². The number of amides is 2. The molecule has 2 amide bonds. The molecule has 2 N–H and O–H groups in total. The molecule has 1 spiro atoms. The van der Waals surface area contributed by atoms with Gasteiger partial charge in [0.25, 0.3) is 0 Å². The lowest BCUT2D eigenvalue weighted by Crippen LogP contribution is -2.66. The summed E-state index contributed by atoms with van der Waals surface area (Å²) in [5.41, 5.74) is 1.36. The molecule has 1 aromatic carbocycles. The summed E-state index contributed by atoms with van der Waals surface area (Å²) in [7, 11) is 3.25. The molecule has 1 saturated carbocycles. The average molecular weight is 585 g/mol. The zero-order chi connectivity index (χ0) is 26.6. The smallest absolute Gasteiger partial charge is 0.408 e. The minimum atomic E-state index is -0.999. The maximum Gasteiger partial charge on any atom is 0.408 e. The van der Waals surface area contributed by atoms with Crippen LogP contribution in [0.15, 0.2) is 35.2 Å². The number of carbonyl (C=O) groups is 2. The highest BCUT2D eigenvalue weighted by Gasteiger charge is 2.62. The Labute approximate surface area is 227 Å². The summed E-state index contributed by atoms with van der Waals surface area (Å²) in [4.78, 5) is 37.5. The van der Waals surface area contributed by atoms with E-state index in [1.165, 1.54) is 4.90 Å². The van der Waals surface area contributed by atoms with Gasteiger partial charge in [0.1, 0.15) is 34.0 Å². The minimum Gasteiger partial charge on any atom is -0.497 e. The van der Waals surface area contributed by atoms with Crippen LogP contribution in [0.3, 0.4) is 0 Å². The van der Waals surface area contributed by atoms with Crippen LogP contribution < -0.4 is 14.8 Å². The number of fused-ring (bicyclic) bond motifs is 3. The van der Waals surface area contributed by atoms with E-state index in [-0.39, 0.29) is 24.4 Å². The van der Waals surface area contributed by atoms with E-state index >= 15 is 0 Å². The van der Waals surface area contributed by atoms with Gasteiger partial charge >= 0.3 is 6.09 Å². The highest BCUT2D eigenvalue weighted by molar-refractivity contribution is 9.10. The van der Waals surface area contributed by atoms with Gasteiger partial charge in [-0.2, -0.15) is 0 Å². The van der Waals surface area contributed by atoms with Crippen LogP contribution in [0.4, 0.5) is 10.6 Å². The number of hydrogen-bond acceptors (Lipinski definition) is 7. The number of piperazine rings is 1. The van der Waals surface area contributed by atoms with Crippen LogP contribution in [-0.4, -0.2) is 80.2 Å². The van der Waals surface area contributed by atoms with Gasteiger partial charge < -0.3 is 24.8 Å². The number of methoxy groups -OCH3 is 2. The molecule has 11 nitrogen and oxygen atoms in total. The predicted octanol–water partition coefficient (Wildman–Crippen LogP) is 3.72. The lowest BCUT2D eigenvalue weighted by Gasteiger charge is -2.50. The maximum atomic E-state index is 13.0. The van der Waals surface area contributed by atoms with Crippen LogP contribution in [0.2, 0.25) is 0 Å². The fourth-order valence-electron chi connectivity index (χ4n) is 6.18. The normalized spacial score (nSPS) is 21.9. The number of nitrogens with zero attached hydrogens (tertiary/aromatic N) is 5. The molecule has 6 rings (SSSR count). The zero-order valence-electron chi connectivity index (χ0n) is 21.2. The predicted molar refractivity (Wildman–Crippen MR) is 142 cm³/mol. The average Bonchev–Trinajstić information content (AvgIpc) is 3.65. The molecule has 2 unspecified atom stereocenters. The monoisotopic (exact) mass is 584 g/mol. The molecule has 2 saturated heterocycles. The zero-order valence-corrected chi connectivity index (χ0v) is 22.8. The van der Waals surface area contributed by atoms with E-state index < -0.39 is 11.6 Å². The van der Waals surface area contributed by atoms with E-state index in [0.717, 1.165) is 54.1 Å². The number of piperidine rings is 1. The van der Waals surface area contributed by atoms with Crippen molar-refractivity contribution < 1.29 is 24.2 Å². The van der Waals surface area contributed by atoms with E-state index in [9.17, 15) is 14.7 Å². The molecule has 4 heterocycles. The van der Waals surface area contributed by atoms with Gasteiger partial charge in [0.05, 0.1) is 25.8 Å². The SMILES string of the molecule is COc1ccc(CNc2nccn3c(C4CCC5N(C4)C(=O)CN(C(=O)O)C54CC4)nc(Br)c23)c(OC)c1. The number of imidazole rings is 1. The summed E-state index contributed by atoms with van der Waals surface area (Å²) in [5, 5.41) is 13.1. The molecule has 200 valence electrons. The lowest BCUT2D eigenvalue weighted by molar-refractivity contribution is -0.146. The second-order valence-electron chi connectivity index (χ2n) is 10.1. The number of halogens is 1. The van der Waals surface area contributed by atoms with Gasteiger partial charge in [-0.3, -0.25) is 14.1 Å². The Morgan fingerprint density at radius 2 is 2.08 bits per heavy atom. The lowest BCUT2D eigenvalue weighted by atomic mass is 9.84. The second-order valence-corrected chi connectivity index (χ2v) is 10.8. The molecule has 0 radical (unpaired) electrons. The van der Waals surface area contributed by atoms with E-state index in [1.54, 1.807) is 20.4 Å². The van der Waals surface area contributed by atoms with Gasteiger partial charge in [-0.05, 0) is 53.7 Å². The number of aromatic nitrogens is 3. The van der Waals surface area contributed by atoms with Gasteiger partial charge in [-0.1, -0.05) is 0 Å². The first-order valence-electron chi connectivity index (χ1n) is 12.6. The first-order valence-corrected chi connectivity index (χ1v) is 13.4. The number of carbonyl (C=O) groups excluding carboxylic acids is 1. The molecule has 2 aromatic heterocycles. The molecule has 3 aliphatic rings. The minimum absolute atomic E-state index is 0.0260. The van der Waals surface area contributed by atoms with Gasteiger partial charge in [-0.15, -0.1) is 0 Å². The Balaban J connectivity index is 1.25. The van der Waals surface area contributed by atoms with Crippen LogP contribution >= 0.6 is 15.9 Å². The van der Waals surface area contributed by atoms with Crippen LogP contribution in [0.1, 0.15) is 43.0 Å². The van der Waals surface area contributed by atoms with Crippen LogP contribution in [-0.2, 0) is 11.3 Å². The highest BCUT2D eigenvalue weighted by atomic mass is 79.9. The van der Waals surface area contributed by atoms with Crippen molar-refractivity contribution in [2.24, 2.45) is 0 Å². The standard InChI is InChI=1S/C26H29BrN6O5/c1-37-17-5-3-15(18(11-17)38-2)12-29-23-21-22(27)30-24(31(21)10-9-28-23)16-4-6-19-26(7-8-26)33(25(35)36)14-20(34)32(19)13-16/h3,5,9-11,16,19H,4,6-8,12-14H2,1-2H3,(H,28,29)(H,35,36). The summed E-state index contributed by atoms with van der Waals surface area (Å²) in [5.74, 6) is 2.87. The fraction of sp³-hybridized carbons (Fsp3) is 0.462. The number of hydrogen-bond donors (Lipinski definition) is 2. The van der Waals surface area contributed by atoms with Gasteiger partial charge in [0, 0.05) is 43.0 Å². The summed E-state index contributed by atoms with van der Waals surface area (Å²) >= 11 is 3.64. The second kappa shape index (κ2) is 9.33. The Morgan fingerprint density at radius 3 is 2.79 bits per heavy atom. The van der Waals surface area contributed by atoms with Crippen molar-refractivity contribution in [1.29, 1.82) is 0 Å². The van der Waals surface area contributed by atoms with Crippen molar-refractivity contribution in [3.63, 3.8) is 0 Å². The first kappa shape index (κ1) is 24.8. The highest BCUT2D eigenvalue weighted by Crippen LogP contribution is 2.52. The van der Waals surface area contributed by atoms with Gasteiger partial charge in [-0.25, -0.2) is 14.8 Å². The molecular weight excluding hydrogens is 556 g/mol. The molecular formula is C26H29BrN6O5. The maximum absolute atomic E-state index is 13.0. The summed E-state index contributed by atoms with van der Waals surface area (Å²) < 4.78 is 13.5. The third-order valence-corrected chi connectivity index (χ3v) is 8.74. The Morgan fingerprint density at radius 1 is 1.26 bits per heavy atom. The third kappa shape index (κ3) is 3.93. The summed E-state index contributed by atoms with van der Waals surface area (Å²) in [6.07, 6.45) is 5.83. The molecule has 0 bridgehead atoms. The molecule has 38 heavy (non-hydrogen) atoms. The van der Waals surface area contributed by atoms with Crippen molar-refractivity contribution in [2.45, 2.75) is 49.7 Å². The summed E-state index contributed by atoms with van der Waals surface area (Å²) in [6.45, 7) is 0.943. The summed E-state index contributed by atoms with van der Waals surface area (Å²) in [6, 6.07) is 5.62. The van der Waals surface area contributed by atoms with Crippen molar-refractivity contribution in [2.75, 3.05) is 32.6 Å². The van der Waals surface area contributed by atoms with Crippen molar-refractivity contribution in [3.8, 4) is 11.5 Å². The number of ether oxygens (including phenoxy) is 2. The quantitative estimate of drug-likeness (QED) is 0.449. The molecule has 12 heteroatoms. The molecule has 1 aliphatic carbocycles. The van der Waals surface area contributed by atoms with Crippen LogP contribution in [0, 0.1) is 0 Å². The van der Waals surface area contributed by atoms with Crippen molar-refractivity contribution in [3.05, 3.63) is 46.6 Å². The van der Waals surface area contributed by atoms with Gasteiger partial charge in [0.15, 0.2) is 5.82 Å². The first-order chi connectivity index (χ1) is 18.4. The fourth-order valence-corrected chi connectivity index (χ4v) is 6.74. The Hall–Kier alpha value is -3.54. The van der Waals surface area contributed by atoms with E-state index in [1.807, 2.05) is 33.7 Å². The number of carboxylic acid groups (broad SMARTS) is 1. The third-order valence-electron chi connectivity index (χ3n) is 8.19. The van der Waals surface area contributed by atoms with E-state index in [4.69, 9.17) is 14.5 Å². The number of benzene rings is 1. The van der Waals surface area contributed by atoms with E-state index in [2.05, 4.69) is 26.2 Å². The Bertz CT molecular complexity index is 1420. The van der Waals surface area contributed by atoms with Gasteiger partial charge in [0.2, 0.25) is 5.91 Å². The largest absolute Gasteiger partial charge is 0.497 e. The number of anilines is 1. The molecule has 2 aliphatic heterocycles. The van der Waals surface area contributed by atoms with Crippen LogP contribution in [0.5, 0.6) is 11.5 Å². The number of rotatable bonds is 6. The van der Waals surface area contributed by atoms with E-state index in [0.29, 0.717) is 23.5 Å². The Kier molecular flexibility index (Phi) is 6.09. The van der Waals surface area contributed by atoms with Crippen molar-refractivity contribution in [1.82, 2.24) is 24.2 Å². The molecule has 3 fully saturated rings. The van der Waals surface area contributed by atoms with Crippen LogP contribution in [0.25, 0.3) is 5.52 Å². The molecule has 2 atom stereocenters. The van der Waals surface area contributed by atoms with Crippen molar-refractivity contribution >= 4 is 39.3 Å². The number of nitrogens with one attached hydrogen (secondary N) is 1.